The number of H-pyrrole nitrogens is 1. The van der Waals surface area contributed by atoms with Crippen LogP contribution < -0.4 is 0 Å². The predicted octanol–water partition coefficient (Wildman–Crippen LogP) is 5.41. The summed E-state index contributed by atoms with van der Waals surface area (Å²) in [5.74, 6) is 0.0659. The summed E-state index contributed by atoms with van der Waals surface area (Å²) in [7, 11) is 0. The van der Waals surface area contributed by atoms with E-state index in [2.05, 4.69) is 18.0 Å². The van der Waals surface area contributed by atoms with Crippen LogP contribution >= 0.6 is 0 Å². The fourth-order valence-electron chi connectivity index (χ4n) is 6.03. The number of aromatic nitrogens is 1. The molecule has 3 heterocycles. The first kappa shape index (κ1) is 20.9. The van der Waals surface area contributed by atoms with Crippen molar-refractivity contribution in [2.75, 3.05) is 6.54 Å². The number of aliphatic carboxylic acids is 1. The van der Waals surface area contributed by atoms with Crippen LogP contribution in [0.1, 0.15) is 56.9 Å². The molecule has 1 aliphatic heterocycles. The maximum absolute atomic E-state index is 13.4. The van der Waals surface area contributed by atoms with E-state index in [-0.39, 0.29) is 29.7 Å². The lowest BCUT2D eigenvalue weighted by molar-refractivity contribution is -0.152. The normalized spacial score (nSPS) is 24.3. The molecule has 5 rings (SSSR count). The highest BCUT2D eigenvalue weighted by Gasteiger charge is 2.43. The maximum Gasteiger partial charge on any atom is 0.306 e. The van der Waals surface area contributed by atoms with Crippen LogP contribution in [-0.2, 0) is 9.59 Å². The molecule has 1 amide bonds. The number of benzene rings is 1. The second kappa shape index (κ2) is 8.49. The summed E-state index contributed by atoms with van der Waals surface area (Å²) in [6, 6.07) is 10.0. The van der Waals surface area contributed by atoms with E-state index in [1.165, 1.54) is 0 Å². The van der Waals surface area contributed by atoms with Crippen LogP contribution in [-0.4, -0.2) is 39.5 Å². The van der Waals surface area contributed by atoms with Gasteiger partial charge in [0.15, 0.2) is 0 Å². The van der Waals surface area contributed by atoms with E-state index >= 15 is 0 Å². The van der Waals surface area contributed by atoms with E-state index in [9.17, 15) is 14.7 Å². The highest BCUT2D eigenvalue weighted by atomic mass is 16.4. The zero-order chi connectivity index (χ0) is 22.2. The third kappa shape index (κ3) is 3.61. The second-order valence-electron chi connectivity index (χ2n) is 9.39. The van der Waals surface area contributed by atoms with Gasteiger partial charge in [-0.15, -0.1) is 0 Å². The van der Waals surface area contributed by atoms with Gasteiger partial charge in [0.1, 0.15) is 5.76 Å². The van der Waals surface area contributed by atoms with Gasteiger partial charge < -0.3 is 19.4 Å². The number of carbonyl (C=O) groups is 2. The number of carboxylic acid groups (broad SMARTS) is 1. The molecule has 2 aliphatic rings. The first-order valence-electron chi connectivity index (χ1n) is 11.7. The van der Waals surface area contributed by atoms with Crippen LogP contribution in [0.3, 0.4) is 0 Å². The molecule has 0 spiro atoms. The van der Waals surface area contributed by atoms with Crippen LogP contribution in [0.15, 0.2) is 47.2 Å². The molecule has 0 bridgehead atoms. The van der Waals surface area contributed by atoms with Crippen LogP contribution in [0.5, 0.6) is 0 Å². The maximum atomic E-state index is 13.4. The minimum atomic E-state index is -0.702. The van der Waals surface area contributed by atoms with Gasteiger partial charge in [-0.1, -0.05) is 25.5 Å². The number of carboxylic acids is 1. The van der Waals surface area contributed by atoms with Crippen molar-refractivity contribution in [3.63, 3.8) is 0 Å². The van der Waals surface area contributed by atoms with Crippen molar-refractivity contribution >= 4 is 22.8 Å². The number of aromatic amines is 1. The third-order valence-corrected chi connectivity index (χ3v) is 7.54. The minimum Gasteiger partial charge on any atom is -0.481 e. The minimum absolute atomic E-state index is 0.0339. The summed E-state index contributed by atoms with van der Waals surface area (Å²) >= 11 is 0. The van der Waals surface area contributed by atoms with E-state index in [0.29, 0.717) is 6.42 Å². The van der Waals surface area contributed by atoms with E-state index in [4.69, 9.17) is 4.42 Å². The number of carbonyl (C=O) groups excluding carboxylic acids is 1. The summed E-state index contributed by atoms with van der Waals surface area (Å²) in [5.41, 5.74) is 3.17. The number of likely N-dealkylation sites (tertiary alicyclic amines) is 1. The highest BCUT2D eigenvalue weighted by molar-refractivity contribution is 5.97. The van der Waals surface area contributed by atoms with Gasteiger partial charge in [0, 0.05) is 41.7 Å². The van der Waals surface area contributed by atoms with Crippen LogP contribution in [0.2, 0.25) is 0 Å². The number of nitrogens with zero attached hydrogens (tertiary/aromatic N) is 1. The Bertz CT molecular complexity index is 1120. The van der Waals surface area contributed by atoms with Crippen LogP contribution in [0, 0.1) is 11.8 Å². The molecule has 1 aromatic carbocycles. The van der Waals surface area contributed by atoms with Crippen molar-refractivity contribution in [3.8, 4) is 11.3 Å². The Morgan fingerprint density at radius 3 is 2.84 bits per heavy atom. The number of hydrogen-bond donors (Lipinski definition) is 2. The Labute approximate surface area is 187 Å². The standard InChI is InChI=1S/C26H30N2O4/c1-16(20-15-27-21-9-2-7-19(25(20)21)23-11-5-13-32-23)14-24(29)28-12-4-8-17-18(26(30)31)6-3-10-22(17)28/h2,5,7,9,11,13,15-18,22,27H,3-4,6,8,10,12,14H2,1H3,(H,30,31)/t16-,17?,18?,22?/m1/s1. The predicted molar refractivity (Wildman–Crippen MR) is 122 cm³/mol. The molecule has 2 fully saturated rings. The Morgan fingerprint density at radius 1 is 1.19 bits per heavy atom. The molecule has 4 atom stereocenters. The number of amides is 1. The van der Waals surface area contributed by atoms with Crippen molar-refractivity contribution in [1.29, 1.82) is 0 Å². The van der Waals surface area contributed by atoms with Gasteiger partial charge >= 0.3 is 5.97 Å². The Hall–Kier alpha value is -3.02. The van der Waals surface area contributed by atoms with Gasteiger partial charge in [-0.2, -0.15) is 0 Å². The summed E-state index contributed by atoms with van der Waals surface area (Å²) < 4.78 is 5.66. The number of furan rings is 1. The number of fused-ring (bicyclic) bond motifs is 2. The number of piperidine rings is 1. The number of hydrogen-bond acceptors (Lipinski definition) is 3. The first-order chi connectivity index (χ1) is 15.5. The third-order valence-electron chi connectivity index (χ3n) is 7.54. The lowest BCUT2D eigenvalue weighted by atomic mass is 9.71. The molecule has 6 nitrogen and oxygen atoms in total. The van der Waals surface area contributed by atoms with Gasteiger partial charge in [0.25, 0.3) is 0 Å². The summed E-state index contributed by atoms with van der Waals surface area (Å²) in [5, 5.41) is 10.8. The summed E-state index contributed by atoms with van der Waals surface area (Å²) in [6.45, 7) is 2.84. The van der Waals surface area contributed by atoms with Crippen molar-refractivity contribution in [1.82, 2.24) is 9.88 Å². The topological polar surface area (TPSA) is 86.5 Å². The van der Waals surface area contributed by atoms with Gasteiger partial charge in [-0.3, -0.25) is 9.59 Å². The number of nitrogens with one attached hydrogen (secondary N) is 1. The zero-order valence-corrected chi connectivity index (χ0v) is 18.4. The largest absolute Gasteiger partial charge is 0.481 e. The fourth-order valence-corrected chi connectivity index (χ4v) is 6.03. The summed E-state index contributed by atoms with van der Waals surface area (Å²) in [4.78, 5) is 30.6. The molecule has 32 heavy (non-hydrogen) atoms. The van der Waals surface area contributed by atoms with Crippen molar-refractivity contribution in [2.45, 2.75) is 57.4 Å². The van der Waals surface area contributed by atoms with E-state index in [1.807, 2.05) is 35.4 Å². The lowest BCUT2D eigenvalue weighted by Crippen LogP contribution is -2.53. The first-order valence-corrected chi connectivity index (χ1v) is 11.7. The Balaban J connectivity index is 1.38. The molecule has 1 saturated heterocycles. The molecule has 3 aromatic rings. The highest BCUT2D eigenvalue weighted by Crippen LogP contribution is 2.41. The van der Waals surface area contributed by atoms with Crippen LogP contribution in [0.4, 0.5) is 0 Å². The molecule has 2 aromatic heterocycles. The number of rotatable bonds is 5. The smallest absolute Gasteiger partial charge is 0.306 e. The molecular weight excluding hydrogens is 404 g/mol. The Kier molecular flexibility index (Phi) is 5.53. The summed E-state index contributed by atoms with van der Waals surface area (Å²) in [6.07, 6.45) is 8.44. The molecule has 3 unspecified atom stereocenters. The average molecular weight is 435 g/mol. The second-order valence-corrected chi connectivity index (χ2v) is 9.39. The van der Waals surface area contributed by atoms with E-state index in [1.54, 1.807) is 6.26 Å². The van der Waals surface area contributed by atoms with E-state index < -0.39 is 5.97 Å². The van der Waals surface area contributed by atoms with Gasteiger partial charge in [-0.05, 0) is 61.3 Å². The fraction of sp³-hybridized carbons (Fsp3) is 0.462. The molecule has 1 aliphatic carbocycles. The quantitative estimate of drug-likeness (QED) is 0.562. The van der Waals surface area contributed by atoms with E-state index in [0.717, 1.165) is 66.4 Å². The monoisotopic (exact) mass is 434 g/mol. The zero-order valence-electron chi connectivity index (χ0n) is 18.4. The molecule has 0 radical (unpaired) electrons. The van der Waals surface area contributed by atoms with Gasteiger partial charge in [0.05, 0.1) is 12.2 Å². The molecular formula is C26H30N2O4. The van der Waals surface area contributed by atoms with Gasteiger partial charge in [-0.25, -0.2) is 0 Å². The van der Waals surface area contributed by atoms with Crippen molar-refractivity contribution in [2.24, 2.45) is 11.8 Å². The molecule has 2 N–H and O–H groups in total. The van der Waals surface area contributed by atoms with Crippen molar-refractivity contribution in [3.05, 3.63) is 48.4 Å². The van der Waals surface area contributed by atoms with Crippen LogP contribution in [0.25, 0.3) is 22.2 Å². The molecule has 168 valence electrons. The van der Waals surface area contributed by atoms with Crippen molar-refractivity contribution < 1.29 is 19.1 Å². The average Bonchev–Trinajstić information content (AvgIpc) is 3.48. The molecule has 1 saturated carbocycles. The molecule has 6 heteroatoms. The lowest BCUT2D eigenvalue weighted by Gasteiger charge is -2.46. The van der Waals surface area contributed by atoms with Gasteiger partial charge in [0.2, 0.25) is 5.91 Å². The Morgan fingerprint density at radius 2 is 2.06 bits per heavy atom. The SMILES string of the molecule is C[C@H](CC(=O)N1CCCC2C(C(=O)O)CCCC21)c1c[nH]c2cccc(-c3ccco3)c12.